The van der Waals surface area contributed by atoms with Crippen LogP contribution in [0.2, 0.25) is 0 Å². The Bertz CT molecular complexity index is 722. The maximum absolute atomic E-state index is 11.1. The van der Waals surface area contributed by atoms with E-state index in [4.69, 9.17) is 4.74 Å². The topological polar surface area (TPSA) is 32.8 Å². The van der Waals surface area contributed by atoms with E-state index in [1.54, 1.807) is 6.92 Å². The summed E-state index contributed by atoms with van der Waals surface area (Å²) >= 11 is 0. The van der Waals surface area contributed by atoms with Crippen molar-refractivity contribution in [2.75, 3.05) is 39.3 Å². The van der Waals surface area contributed by atoms with Gasteiger partial charge in [0.1, 0.15) is 11.5 Å². The number of carbonyl (C=O) groups excluding carboxylic acids is 1. The Morgan fingerprint density at radius 3 is 2.24 bits per heavy atom. The number of benzene rings is 2. The van der Waals surface area contributed by atoms with E-state index in [0.717, 1.165) is 64.5 Å². The number of Topliss-reactive ketones (excluding diaryl/α,β-unsaturated/α-hetero) is 1. The molecule has 0 spiro atoms. The second-order valence-electron chi connectivity index (χ2n) is 8.00. The molecule has 1 heterocycles. The number of ether oxygens (including phenoxy) is 1. The first-order valence-corrected chi connectivity index (χ1v) is 10.9. The molecule has 0 aliphatic carbocycles. The Kier molecular flexibility index (Phi) is 8.72. The van der Waals surface area contributed by atoms with Crippen LogP contribution in [0.5, 0.6) is 5.75 Å². The molecular formula is C25H34N2O2. The van der Waals surface area contributed by atoms with Crippen molar-refractivity contribution in [3.05, 3.63) is 65.7 Å². The Balaban J connectivity index is 1.24. The summed E-state index contributed by atoms with van der Waals surface area (Å²) in [6, 6.07) is 18.9. The van der Waals surface area contributed by atoms with Crippen molar-refractivity contribution in [2.45, 2.75) is 39.2 Å². The Labute approximate surface area is 175 Å². The number of hydrogen-bond acceptors (Lipinski definition) is 4. The third-order valence-electron chi connectivity index (χ3n) is 5.54. The van der Waals surface area contributed by atoms with Gasteiger partial charge in [0.25, 0.3) is 0 Å². The van der Waals surface area contributed by atoms with Crippen molar-refractivity contribution in [1.29, 1.82) is 0 Å². The predicted molar refractivity (Wildman–Crippen MR) is 118 cm³/mol. The van der Waals surface area contributed by atoms with E-state index in [2.05, 4.69) is 52.3 Å². The quantitative estimate of drug-likeness (QED) is 0.535. The van der Waals surface area contributed by atoms with Gasteiger partial charge in [-0.25, -0.2) is 0 Å². The van der Waals surface area contributed by atoms with Gasteiger partial charge in [-0.2, -0.15) is 0 Å². The second-order valence-corrected chi connectivity index (χ2v) is 8.00. The van der Waals surface area contributed by atoms with E-state index in [1.165, 1.54) is 17.5 Å². The Hall–Kier alpha value is -2.17. The van der Waals surface area contributed by atoms with Crippen LogP contribution in [0.1, 0.15) is 37.3 Å². The molecule has 0 bridgehead atoms. The SMILES string of the molecule is CC(=O)CCc1ccc(OCCCCN2CCN(Cc3ccccc3)CC2)cc1. The number of piperazine rings is 1. The first-order valence-electron chi connectivity index (χ1n) is 10.9. The molecule has 0 amide bonds. The molecule has 0 atom stereocenters. The van der Waals surface area contributed by atoms with Crippen molar-refractivity contribution in [3.63, 3.8) is 0 Å². The summed E-state index contributed by atoms with van der Waals surface area (Å²) in [4.78, 5) is 16.2. The molecular weight excluding hydrogens is 360 g/mol. The summed E-state index contributed by atoms with van der Waals surface area (Å²) in [6.07, 6.45) is 3.68. The van der Waals surface area contributed by atoms with E-state index in [9.17, 15) is 4.79 Å². The highest BCUT2D eigenvalue weighted by Gasteiger charge is 2.16. The molecule has 1 aliphatic heterocycles. The molecule has 0 saturated carbocycles. The second kappa shape index (κ2) is 11.7. The number of carbonyl (C=O) groups is 1. The van der Waals surface area contributed by atoms with Crippen LogP contribution in [0.3, 0.4) is 0 Å². The molecule has 2 aromatic carbocycles. The molecule has 0 aromatic heterocycles. The zero-order valence-corrected chi connectivity index (χ0v) is 17.7. The highest BCUT2D eigenvalue weighted by atomic mass is 16.5. The fraction of sp³-hybridized carbons (Fsp3) is 0.480. The molecule has 2 aromatic rings. The van der Waals surface area contributed by atoms with Gasteiger partial charge in [0.2, 0.25) is 0 Å². The highest BCUT2D eigenvalue weighted by Crippen LogP contribution is 2.14. The number of nitrogens with zero attached hydrogens (tertiary/aromatic N) is 2. The van der Waals surface area contributed by atoms with Gasteiger partial charge in [0.05, 0.1) is 6.61 Å². The molecule has 0 N–H and O–H groups in total. The van der Waals surface area contributed by atoms with E-state index in [1.807, 2.05) is 12.1 Å². The zero-order valence-electron chi connectivity index (χ0n) is 17.7. The number of hydrogen-bond donors (Lipinski definition) is 0. The molecule has 1 saturated heterocycles. The van der Waals surface area contributed by atoms with Crippen LogP contribution in [-0.2, 0) is 17.8 Å². The van der Waals surface area contributed by atoms with Gasteiger partial charge in [0, 0.05) is 39.1 Å². The number of unbranched alkanes of at least 4 members (excludes halogenated alkanes) is 1. The first-order chi connectivity index (χ1) is 14.2. The van der Waals surface area contributed by atoms with E-state index in [0.29, 0.717) is 6.42 Å². The maximum atomic E-state index is 11.1. The molecule has 29 heavy (non-hydrogen) atoms. The van der Waals surface area contributed by atoms with Crippen LogP contribution >= 0.6 is 0 Å². The highest BCUT2D eigenvalue weighted by molar-refractivity contribution is 5.75. The molecule has 1 aliphatic rings. The minimum absolute atomic E-state index is 0.239. The summed E-state index contributed by atoms with van der Waals surface area (Å²) in [5, 5.41) is 0. The summed E-state index contributed by atoms with van der Waals surface area (Å²) in [7, 11) is 0. The lowest BCUT2D eigenvalue weighted by Crippen LogP contribution is -2.46. The van der Waals surface area contributed by atoms with E-state index in [-0.39, 0.29) is 5.78 Å². The molecule has 156 valence electrons. The van der Waals surface area contributed by atoms with Crippen LogP contribution in [0, 0.1) is 0 Å². The molecule has 0 unspecified atom stereocenters. The third kappa shape index (κ3) is 8.00. The van der Waals surface area contributed by atoms with Gasteiger partial charge in [-0.3, -0.25) is 4.90 Å². The normalized spacial score (nSPS) is 15.3. The van der Waals surface area contributed by atoms with Gasteiger partial charge in [-0.05, 0) is 56.0 Å². The van der Waals surface area contributed by atoms with Gasteiger partial charge in [0.15, 0.2) is 0 Å². The van der Waals surface area contributed by atoms with Crippen LogP contribution in [0.15, 0.2) is 54.6 Å². The Morgan fingerprint density at radius 1 is 0.862 bits per heavy atom. The zero-order chi connectivity index (χ0) is 20.3. The van der Waals surface area contributed by atoms with E-state index < -0.39 is 0 Å². The summed E-state index contributed by atoms with van der Waals surface area (Å²) in [6.45, 7) is 9.26. The smallest absolute Gasteiger partial charge is 0.130 e. The van der Waals surface area contributed by atoms with Gasteiger partial charge in [-0.15, -0.1) is 0 Å². The lowest BCUT2D eigenvalue weighted by molar-refractivity contribution is -0.116. The summed E-state index contributed by atoms with van der Waals surface area (Å²) in [5.41, 5.74) is 2.60. The van der Waals surface area contributed by atoms with Crippen molar-refractivity contribution in [3.8, 4) is 5.75 Å². The standard InChI is InChI=1S/C25H34N2O2/c1-22(28)9-10-23-11-13-25(14-12-23)29-20-6-5-15-26-16-18-27(19-17-26)21-24-7-3-2-4-8-24/h2-4,7-8,11-14H,5-6,9-10,15-21H2,1H3. The van der Waals surface area contributed by atoms with Gasteiger partial charge in [-0.1, -0.05) is 42.5 Å². The molecule has 4 nitrogen and oxygen atoms in total. The fourth-order valence-electron chi connectivity index (χ4n) is 3.71. The largest absolute Gasteiger partial charge is 0.494 e. The maximum Gasteiger partial charge on any atom is 0.130 e. The summed E-state index contributed by atoms with van der Waals surface area (Å²) in [5.74, 6) is 1.16. The molecule has 4 heteroatoms. The van der Waals surface area contributed by atoms with Crippen molar-refractivity contribution in [2.24, 2.45) is 0 Å². The van der Waals surface area contributed by atoms with Gasteiger partial charge >= 0.3 is 0 Å². The molecule has 0 radical (unpaired) electrons. The lowest BCUT2D eigenvalue weighted by atomic mass is 10.1. The number of rotatable bonds is 11. The number of ketones is 1. The summed E-state index contributed by atoms with van der Waals surface area (Å²) < 4.78 is 5.87. The third-order valence-corrected chi connectivity index (χ3v) is 5.54. The fourth-order valence-corrected chi connectivity index (χ4v) is 3.71. The lowest BCUT2D eigenvalue weighted by Gasteiger charge is -2.34. The average Bonchev–Trinajstić information content (AvgIpc) is 2.75. The minimum atomic E-state index is 0.239. The van der Waals surface area contributed by atoms with Crippen LogP contribution in [-0.4, -0.2) is 54.9 Å². The van der Waals surface area contributed by atoms with Crippen molar-refractivity contribution < 1.29 is 9.53 Å². The minimum Gasteiger partial charge on any atom is -0.494 e. The molecule has 1 fully saturated rings. The van der Waals surface area contributed by atoms with Crippen LogP contribution < -0.4 is 4.74 Å². The predicted octanol–water partition coefficient (Wildman–Crippen LogP) is 4.19. The molecule has 3 rings (SSSR count). The monoisotopic (exact) mass is 394 g/mol. The average molecular weight is 395 g/mol. The van der Waals surface area contributed by atoms with E-state index >= 15 is 0 Å². The van der Waals surface area contributed by atoms with Crippen LogP contribution in [0.25, 0.3) is 0 Å². The first kappa shape index (κ1) is 21.5. The van der Waals surface area contributed by atoms with Crippen molar-refractivity contribution >= 4 is 5.78 Å². The van der Waals surface area contributed by atoms with Crippen molar-refractivity contribution in [1.82, 2.24) is 9.80 Å². The number of aryl methyl sites for hydroxylation is 1. The van der Waals surface area contributed by atoms with Gasteiger partial charge < -0.3 is 14.4 Å². The Morgan fingerprint density at radius 2 is 1.55 bits per heavy atom. The van der Waals surface area contributed by atoms with Crippen LogP contribution in [0.4, 0.5) is 0 Å².